The molecule has 1 N–H and O–H groups in total. The maximum absolute atomic E-state index is 12.7. The standard InChI is InChI=1S/C18H27N3O3/c1-5-6-9-20-10-7-8-15(20)18(22)19-16-12(2)11-13(3)17(14(16)4)21(23)24/h11,15H,5-10H2,1-4H3,(H,19,22). The Labute approximate surface area is 143 Å². The monoisotopic (exact) mass is 333 g/mol. The van der Waals surface area contributed by atoms with E-state index in [2.05, 4.69) is 17.1 Å². The minimum Gasteiger partial charge on any atom is -0.324 e. The minimum absolute atomic E-state index is 0.0482. The summed E-state index contributed by atoms with van der Waals surface area (Å²) < 4.78 is 0. The quantitative estimate of drug-likeness (QED) is 0.636. The van der Waals surface area contributed by atoms with Crippen molar-refractivity contribution in [2.45, 2.75) is 59.4 Å². The number of benzene rings is 1. The summed E-state index contributed by atoms with van der Waals surface area (Å²) in [7, 11) is 0. The number of hydrogen-bond acceptors (Lipinski definition) is 4. The molecule has 0 aliphatic carbocycles. The summed E-state index contributed by atoms with van der Waals surface area (Å²) in [4.78, 5) is 25.9. The Bertz CT molecular complexity index is 643. The van der Waals surface area contributed by atoms with E-state index < -0.39 is 0 Å². The summed E-state index contributed by atoms with van der Waals surface area (Å²) in [6.07, 6.45) is 4.06. The highest BCUT2D eigenvalue weighted by Crippen LogP contribution is 2.33. The molecule has 1 unspecified atom stereocenters. The largest absolute Gasteiger partial charge is 0.324 e. The average Bonchev–Trinajstić information content (AvgIpc) is 2.97. The van der Waals surface area contributed by atoms with Crippen LogP contribution in [0.3, 0.4) is 0 Å². The fourth-order valence-corrected chi connectivity index (χ4v) is 3.61. The number of hydrogen-bond donors (Lipinski definition) is 1. The van der Waals surface area contributed by atoms with Crippen molar-refractivity contribution in [1.29, 1.82) is 0 Å². The lowest BCUT2D eigenvalue weighted by atomic mass is 10.0. The van der Waals surface area contributed by atoms with Crippen molar-refractivity contribution in [2.24, 2.45) is 0 Å². The first-order valence-electron chi connectivity index (χ1n) is 8.66. The van der Waals surface area contributed by atoms with E-state index in [-0.39, 0.29) is 22.6 Å². The van der Waals surface area contributed by atoms with E-state index in [4.69, 9.17) is 0 Å². The summed E-state index contributed by atoms with van der Waals surface area (Å²) in [6.45, 7) is 9.33. The molecule has 1 fully saturated rings. The predicted octanol–water partition coefficient (Wildman–Crippen LogP) is 3.72. The van der Waals surface area contributed by atoms with Gasteiger partial charge in [-0.15, -0.1) is 0 Å². The molecule has 2 rings (SSSR count). The zero-order chi connectivity index (χ0) is 17.9. The van der Waals surface area contributed by atoms with Crippen LogP contribution in [-0.2, 0) is 4.79 Å². The Morgan fingerprint density at radius 2 is 2.08 bits per heavy atom. The summed E-state index contributed by atoms with van der Waals surface area (Å²) >= 11 is 0. The fourth-order valence-electron chi connectivity index (χ4n) is 3.61. The van der Waals surface area contributed by atoms with Gasteiger partial charge in [-0.1, -0.05) is 13.3 Å². The van der Waals surface area contributed by atoms with E-state index in [1.54, 1.807) is 19.9 Å². The van der Waals surface area contributed by atoms with Crippen LogP contribution in [0.5, 0.6) is 0 Å². The molecule has 0 spiro atoms. The van der Waals surface area contributed by atoms with Gasteiger partial charge in [0.15, 0.2) is 0 Å². The smallest absolute Gasteiger partial charge is 0.277 e. The maximum atomic E-state index is 12.7. The lowest BCUT2D eigenvalue weighted by Gasteiger charge is -2.24. The topological polar surface area (TPSA) is 75.5 Å². The van der Waals surface area contributed by atoms with Crippen LogP contribution in [-0.4, -0.2) is 34.9 Å². The number of nitro benzene ring substituents is 1. The van der Waals surface area contributed by atoms with Gasteiger partial charge in [0.2, 0.25) is 5.91 Å². The molecule has 1 heterocycles. The third kappa shape index (κ3) is 3.75. The number of likely N-dealkylation sites (tertiary alicyclic amines) is 1. The summed E-state index contributed by atoms with van der Waals surface area (Å²) in [5.41, 5.74) is 2.69. The van der Waals surface area contributed by atoms with Crippen molar-refractivity contribution in [3.8, 4) is 0 Å². The molecule has 0 bridgehead atoms. The number of nitro groups is 1. The molecule has 1 saturated heterocycles. The maximum Gasteiger partial charge on any atom is 0.277 e. The van der Waals surface area contributed by atoms with Gasteiger partial charge < -0.3 is 5.32 Å². The van der Waals surface area contributed by atoms with Gasteiger partial charge >= 0.3 is 0 Å². The van der Waals surface area contributed by atoms with E-state index in [1.807, 2.05) is 6.92 Å². The van der Waals surface area contributed by atoms with Crippen molar-refractivity contribution in [3.05, 3.63) is 32.9 Å². The first-order valence-corrected chi connectivity index (χ1v) is 8.66. The fraction of sp³-hybridized carbons (Fsp3) is 0.611. The normalized spacial score (nSPS) is 17.9. The Morgan fingerprint density at radius 1 is 1.38 bits per heavy atom. The van der Waals surface area contributed by atoms with Gasteiger partial charge in [0.05, 0.1) is 22.2 Å². The van der Waals surface area contributed by atoms with Gasteiger partial charge in [0.25, 0.3) is 5.69 Å². The Balaban J connectivity index is 2.23. The van der Waals surface area contributed by atoms with Crippen molar-refractivity contribution >= 4 is 17.3 Å². The number of carbonyl (C=O) groups excluding carboxylic acids is 1. The number of nitrogens with zero attached hydrogens (tertiary/aromatic N) is 2. The molecule has 0 radical (unpaired) electrons. The molecule has 1 aromatic rings. The molecule has 1 aliphatic rings. The number of rotatable bonds is 6. The number of nitrogens with one attached hydrogen (secondary N) is 1. The highest BCUT2D eigenvalue weighted by molar-refractivity contribution is 5.97. The second-order valence-corrected chi connectivity index (χ2v) is 6.65. The highest BCUT2D eigenvalue weighted by atomic mass is 16.6. The predicted molar refractivity (Wildman–Crippen MR) is 95.4 cm³/mol. The van der Waals surface area contributed by atoms with E-state index in [1.165, 1.54) is 0 Å². The van der Waals surface area contributed by atoms with E-state index in [0.717, 1.165) is 44.3 Å². The van der Waals surface area contributed by atoms with Crippen LogP contribution in [0.1, 0.15) is 49.3 Å². The van der Waals surface area contributed by atoms with Gasteiger partial charge in [0, 0.05) is 5.56 Å². The Hall–Kier alpha value is -1.95. The van der Waals surface area contributed by atoms with Crippen LogP contribution in [0.4, 0.5) is 11.4 Å². The molecule has 1 aromatic carbocycles. The van der Waals surface area contributed by atoms with Gasteiger partial charge in [-0.25, -0.2) is 0 Å². The first kappa shape index (κ1) is 18.4. The van der Waals surface area contributed by atoms with Crippen LogP contribution in [0, 0.1) is 30.9 Å². The van der Waals surface area contributed by atoms with Crippen molar-refractivity contribution < 1.29 is 9.72 Å². The molecule has 0 saturated carbocycles. The van der Waals surface area contributed by atoms with Gasteiger partial charge in [-0.3, -0.25) is 19.8 Å². The second-order valence-electron chi connectivity index (χ2n) is 6.65. The van der Waals surface area contributed by atoms with Crippen LogP contribution >= 0.6 is 0 Å². The minimum atomic E-state index is -0.372. The van der Waals surface area contributed by atoms with Crippen molar-refractivity contribution in [2.75, 3.05) is 18.4 Å². The van der Waals surface area contributed by atoms with Crippen LogP contribution in [0.2, 0.25) is 0 Å². The molecule has 132 valence electrons. The molecule has 0 aromatic heterocycles. The Morgan fingerprint density at radius 3 is 2.71 bits per heavy atom. The molecule has 1 atom stereocenters. The van der Waals surface area contributed by atoms with Gasteiger partial charge in [0.1, 0.15) is 0 Å². The molecule has 6 heteroatoms. The van der Waals surface area contributed by atoms with Crippen LogP contribution < -0.4 is 5.32 Å². The molecular formula is C18H27N3O3. The second kappa shape index (κ2) is 7.75. The first-order chi connectivity index (χ1) is 11.4. The number of amides is 1. The lowest BCUT2D eigenvalue weighted by Crippen LogP contribution is -2.40. The third-order valence-corrected chi connectivity index (χ3v) is 4.83. The molecule has 1 aliphatic heterocycles. The van der Waals surface area contributed by atoms with Crippen LogP contribution in [0.25, 0.3) is 0 Å². The summed E-state index contributed by atoms with van der Waals surface area (Å²) in [5.74, 6) is -0.0482. The Kier molecular flexibility index (Phi) is 5.94. The van der Waals surface area contributed by atoms with E-state index in [9.17, 15) is 14.9 Å². The van der Waals surface area contributed by atoms with Gasteiger partial charge in [-0.05, 0) is 64.8 Å². The lowest BCUT2D eigenvalue weighted by molar-refractivity contribution is -0.386. The summed E-state index contributed by atoms with van der Waals surface area (Å²) in [5, 5.41) is 14.3. The molecule has 1 amide bonds. The zero-order valence-electron chi connectivity index (χ0n) is 15.0. The molecule has 6 nitrogen and oxygen atoms in total. The molecule has 24 heavy (non-hydrogen) atoms. The molecular weight excluding hydrogens is 306 g/mol. The number of carbonyl (C=O) groups is 1. The van der Waals surface area contributed by atoms with Gasteiger partial charge in [-0.2, -0.15) is 0 Å². The summed E-state index contributed by atoms with van der Waals surface area (Å²) in [6, 6.07) is 1.64. The van der Waals surface area contributed by atoms with Crippen LogP contribution in [0.15, 0.2) is 6.07 Å². The number of aryl methyl sites for hydroxylation is 2. The van der Waals surface area contributed by atoms with E-state index in [0.29, 0.717) is 16.8 Å². The number of anilines is 1. The zero-order valence-corrected chi connectivity index (χ0v) is 15.0. The van der Waals surface area contributed by atoms with Crippen molar-refractivity contribution in [1.82, 2.24) is 4.90 Å². The highest BCUT2D eigenvalue weighted by Gasteiger charge is 2.31. The van der Waals surface area contributed by atoms with E-state index >= 15 is 0 Å². The SMILES string of the molecule is CCCCN1CCCC1C(=O)Nc1c(C)cc(C)c([N+](=O)[O-])c1C. The van der Waals surface area contributed by atoms with Crippen molar-refractivity contribution in [3.63, 3.8) is 0 Å². The number of unbranched alkanes of at least 4 members (excludes halogenated alkanes) is 1. The third-order valence-electron chi connectivity index (χ3n) is 4.83. The average molecular weight is 333 g/mol.